The average molecular weight is 647 g/mol. The van der Waals surface area contributed by atoms with Crippen LogP contribution in [0.2, 0.25) is 0 Å². The summed E-state index contributed by atoms with van der Waals surface area (Å²) in [6, 6.07) is 16.5. The quantitative estimate of drug-likeness (QED) is 0.0825. The second-order valence-corrected chi connectivity index (χ2v) is 10.6. The van der Waals surface area contributed by atoms with Crippen molar-refractivity contribution in [3.05, 3.63) is 113 Å². The molecule has 0 spiro atoms. The molecule has 0 fully saturated rings. The lowest BCUT2D eigenvalue weighted by Crippen LogP contribution is -2.19. The highest BCUT2D eigenvalue weighted by atomic mass is 19.4. The first kappa shape index (κ1) is 32.9. The number of nitrogens with zero attached hydrogens (tertiary/aromatic N) is 6. The van der Waals surface area contributed by atoms with Gasteiger partial charge in [-0.15, -0.1) is 0 Å². The maximum absolute atomic E-state index is 14.5. The summed E-state index contributed by atoms with van der Waals surface area (Å²) >= 11 is 0. The summed E-state index contributed by atoms with van der Waals surface area (Å²) in [5.41, 5.74) is 1.95. The summed E-state index contributed by atoms with van der Waals surface area (Å²) in [6.07, 6.45) is 0.885. The van der Waals surface area contributed by atoms with E-state index >= 15 is 0 Å². The van der Waals surface area contributed by atoms with Crippen LogP contribution in [0.5, 0.6) is 5.75 Å². The SMILES string of the molecule is CCOC(=O)c1cnn(-c2cccc(-c3cc(F)ccc3CCc3ccc(OCCCn4cc(C#N)cn4)cc3C)n2)c1C(F)(F)F. The van der Waals surface area contributed by atoms with Crippen molar-refractivity contribution < 1.29 is 31.8 Å². The number of benzene rings is 2. The van der Waals surface area contributed by atoms with Gasteiger partial charge in [-0.05, 0) is 79.8 Å². The number of esters is 1. The van der Waals surface area contributed by atoms with Crippen LogP contribution in [0.1, 0.15) is 51.7 Å². The van der Waals surface area contributed by atoms with E-state index in [0.29, 0.717) is 48.2 Å². The fourth-order valence-corrected chi connectivity index (χ4v) is 5.12. The number of aromatic nitrogens is 5. The van der Waals surface area contributed by atoms with Crippen LogP contribution < -0.4 is 4.74 Å². The summed E-state index contributed by atoms with van der Waals surface area (Å²) in [6.45, 7) is 4.45. The van der Waals surface area contributed by atoms with Crippen LogP contribution in [0.3, 0.4) is 0 Å². The number of aryl methyl sites for hydroxylation is 4. The van der Waals surface area contributed by atoms with Crippen LogP contribution >= 0.6 is 0 Å². The molecule has 0 saturated heterocycles. The molecule has 13 heteroatoms. The topological polar surface area (TPSA) is 108 Å². The van der Waals surface area contributed by atoms with Crippen LogP contribution in [0.15, 0.2) is 73.2 Å². The van der Waals surface area contributed by atoms with Crippen molar-refractivity contribution in [2.75, 3.05) is 13.2 Å². The second kappa shape index (κ2) is 14.3. The zero-order valence-corrected chi connectivity index (χ0v) is 25.6. The molecule has 3 heterocycles. The maximum atomic E-state index is 14.5. The fraction of sp³-hybridized carbons (Fsp3) is 0.265. The van der Waals surface area contributed by atoms with Gasteiger partial charge in [0.05, 0.1) is 36.9 Å². The van der Waals surface area contributed by atoms with Crippen LogP contribution in [0.25, 0.3) is 17.1 Å². The van der Waals surface area contributed by atoms with E-state index in [9.17, 15) is 22.4 Å². The van der Waals surface area contributed by atoms with Crippen molar-refractivity contribution in [1.82, 2.24) is 24.5 Å². The maximum Gasteiger partial charge on any atom is 0.434 e. The Bertz CT molecular complexity index is 1930. The first-order valence-electron chi connectivity index (χ1n) is 14.8. The van der Waals surface area contributed by atoms with E-state index in [1.165, 1.54) is 37.4 Å². The minimum absolute atomic E-state index is 0.103. The molecular weight excluding hydrogens is 616 g/mol. The van der Waals surface area contributed by atoms with Crippen LogP contribution in [0, 0.1) is 24.1 Å². The number of halogens is 4. The summed E-state index contributed by atoms with van der Waals surface area (Å²) in [5, 5.41) is 16.8. The Morgan fingerprint density at radius 3 is 2.53 bits per heavy atom. The number of rotatable bonds is 12. The number of hydrogen-bond acceptors (Lipinski definition) is 7. The summed E-state index contributed by atoms with van der Waals surface area (Å²) < 4.78 is 69.6. The van der Waals surface area contributed by atoms with Crippen molar-refractivity contribution in [3.8, 4) is 28.9 Å². The van der Waals surface area contributed by atoms with Crippen LogP contribution in [-0.2, 0) is 30.3 Å². The Morgan fingerprint density at radius 2 is 1.81 bits per heavy atom. The molecule has 5 rings (SSSR count). The lowest BCUT2D eigenvalue weighted by Gasteiger charge is -2.14. The summed E-state index contributed by atoms with van der Waals surface area (Å²) in [5.74, 6) is -1.14. The predicted molar refractivity (Wildman–Crippen MR) is 163 cm³/mol. The lowest BCUT2D eigenvalue weighted by atomic mass is 9.95. The molecule has 0 unspecified atom stereocenters. The van der Waals surface area contributed by atoms with Gasteiger partial charge in [0.25, 0.3) is 0 Å². The van der Waals surface area contributed by atoms with Gasteiger partial charge in [-0.25, -0.2) is 18.9 Å². The smallest absolute Gasteiger partial charge is 0.434 e. The molecule has 0 aliphatic carbocycles. The van der Waals surface area contributed by atoms with Crippen molar-refractivity contribution in [3.63, 3.8) is 0 Å². The highest BCUT2D eigenvalue weighted by Crippen LogP contribution is 2.34. The molecule has 0 saturated carbocycles. The molecule has 47 heavy (non-hydrogen) atoms. The highest BCUT2D eigenvalue weighted by Gasteiger charge is 2.41. The standard InChI is InChI=1S/C34H30F4N6O3/c1-3-46-33(45)29-20-41-44(32(29)34(36,37)38)31-7-4-6-30(42-31)28-17-26(35)12-10-25(28)9-8-24-11-13-27(16-22(24)2)47-15-5-14-43-21-23(18-39)19-40-43/h4,6-7,10-13,16-17,19-21H,3,5,8-9,14-15H2,1-2H3. The largest absolute Gasteiger partial charge is 0.494 e. The zero-order valence-electron chi connectivity index (χ0n) is 25.6. The minimum Gasteiger partial charge on any atom is -0.494 e. The molecule has 0 radical (unpaired) electrons. The zero-order chi connectivity index (χ0) is 33.6. The lowest BCUT2D eigenvalue weighted by molar-refractivity contribution is -0.143. The van der Waals surface area contributed by atoms with Gasteiger partial charge < -0.3 is 9.47 Å². The highest BCUT2D eigenvalue weighted by molar-refractivity contribution is 5.90. The van der Waals surface area contributed by atoms with Gasteiger partial charge in [0, 0.05) is 24.7 Å². The van der Waals surface area contributed by atoms with Gasteiger partial charge in [-0.3, -0.25) is 4.68 Å². The molecule has 5 aromatic rings. The van der Waals surface area contributed by atoms with E-state index in [1.54, 1.807) is 23.0 Å². The van der Waals surface area contributed by atoms with Crippen LogP contribution in [-0.4, -0.2) is 43.7 Å². The van der Waals surface area contributed by atoms with Gasteiger partial charge >= 0.3 is 12.1 Å². The summed E-state index contributed by atoms with van der Waals surface area (Å²) in [7, 11) is 0. The van der Waals surface area contributed by atoms with Gasteiger partial charge in [-0.2, -0.15) is 28.6 Å². The minimum atomic E-state index is -4.93. The van der Waals surface area contributed by atoms with E-state index in [2.05, 4.69) is 15.2 Å². The number of carbonyl (C=O) groups excluding carboxylic acids is 1. The normalized spacial score (nSPS) is 11.3. The molecular formula is C34H30F4N6O3. The van der Waals surface area contributed by atoms with Crippen molar-refractivity contribution >= 4 is 5.97 Å². The molecule has 3 aromatic heterocycles. The first-order chi connectivity index (χ1) is 22.6. The molecule has 0 aliphatic rings. The van der Waals surface area contributed by atoms with Gasteiger partial charge in [0.1, 0.15) is 23.2 Å². The third-order valence-electron chi connectivity index (χ3n) is 7.37. The van der Waals surface area contributed by atoms with E-state index < -0.39 is 29.2 Å². The van der Waals surface area contributed by atoms with E-state index in [4.69, 9.17) is 14.7 Å². The Kier molecular flexibility index (Phi) is 9.99. The number of nitriles is 1. The number of hydrogen-bond donors (Lipinski definition) is 0. The number of carbonyl (C=O) groups is 1. The van der Waals surface area contributed by atoms with Gasteiger partial charge in [0.2, 0.25) is 0 Å². The third-order valence-corrected chi connectivity index (χ3v) is 7.37. The molecule has 0 bridgehead atoms. The van der Waals surface area contributed by atoms with E-state index in [0.717, 1.165) is 28.6 Å². The summed E-state index contributed by atoms with van der Waals surface area (Å²) in [4.78, 5) is 16.6. The Labute approximate surface area is 268 Å². The number of alkyl halides is 3. The van der Waals surface area contributed by atoms with Crippen molar-refractivity contribution in [1.29, 1.82) is 5.26 Å². The first-order valence-corrected chi connectivity index (χ1v) is 14.8. The van der Waals surface area contributed by atoms with E-state index in [-0.39, 0.29) is 18.1 Å². The Hall–Kier alpha value is -5.51. The fourth-order valence-electron chi connectivity index (χ4n) is 5.12. The number of pyridine rings is 1. The van der Waals surface area contributed by atoms with E-state index in [1.807, 2.05) is 31.2 Å². The molecule has 0 atom stereocenters. The molecule has 2 aromatic carbocycles. The Morgan fingerprint density at radius 1 is 1.02 bits per heavy atom. The molecule has 0 aliphatic heterocycles. The predicted octanol–water partition coefficient (Wildman–Crippen LogP) is 6.90. The average Bonchev–Trinajstić information content (AvgIpc) is 3.71. The monoisotopic (exact) mass is 646 g/mol. The van der Waals surface area contributed by atoms with Crippen molar-refractivity contribution in [2.45, 2.75) is 45.8 Å². The Balaban J connectivity index is 1.31. The second-order valence-electron chi connectivity index (χ2n) is 10.6. The molecule has 0 N–H and O–H groups in total. The van der Waals surface area contributed by atoms with Gasteiger partial charge in [0.15, 0.2) is 11.5 Å². The molecule has 0 amide bonds. The third kappa shape index (κ3) is 7.84. The number of ether oxygens (including phenoxy) is 2. The molecule has 242 valence electrons. The van der Waals surface area contributed by atoms with Gasteiger partial charge in [-0.1, -0.05) is 18.2 Å². The van der Waals surface area contributed by atoms with Crippen molar-refractivity contribution in [2.24, 2.45) is 0 Å². The van der Waals surface area contributed by atoms with Crippen LogP contribution in [0.4, 0.5) is 17.6 Å². The molecule has 9 nitrogen and oxygen atoms in total.